The summed E-state index contributed by atoms with van der Waals surface area (Å²) in [7, 11) is 0. The van der Waals surface area contributed by atoms with Crippen molar-refractivity contribution in [3.05, 3.63) is 35.4 Å². The van der Waals surface area contributed by atoms with Crippen molar-refractivity contribution in [2.24, 2.45) is 11.3 Å². The lowest BCUT2D eigenvalue weighted by molar-refractivity contribution is -0.149. The number of carbonyl (C=O) groups excluding carboxylic acids is 3. The highest BCUT2D eigenvalue weighted by atomic mass is 16.5. The smallest absolute Gasteiger partial charge is 0.326 e. The monoisotopic (exact) mass is 372 g/mol. The third kappa shape index (κ3) is 4.15. The fourth-order valence-corrected chi connectivity index (χ4v) is 4.79. The first kappa shape index (κ1) is 19.4. The number of rotatable bonds is 4. The maximum Gasteiger partial charge on any atom is 0.326 e. The van der Waals surface area contributed by atoms with Gasteiger partial charge in [0, 0.05) is 0 Å². The highest BCUT2D eigenvalue weighted by Crippen LogP contribution is 2.46. The predicted molar refractivity (Wildman–Crippen MR) is 101 cm³/mol. The standard InChI is InChI=1S/C21H28N2O4/c1-14-6-5-7-16(8-14)12-27-17(24)11-23-18(25)21(22-19(23)26)10-15(2)9-20(3,4)13-21/h5-8,15H,9-13H2,1-4H3,(H,22,26). The van der Waals surface area contributed by atoms with E-state index in [0.29, 0.717) is 18.8 Å². The van der Waals surface area contributed by atoms with Crippen LogP contribution in [0, 0.1) is 18.3 Å². The van der Waals surface area contributed by atoms with Gasteiger partial charge in [-0.2, -0.15) is 0 Å². The normalized spacial score (nSPS) is 27.0. The zero-order valence-corrected chi connectivity index (χ0v) is 16.5. The van der Waals surface area contributed by atoms with Crippen molar-refractivity contribution >= 4 is 17.9 Å². The van der Waals surface area contributed by atoms with Gasteiger partial charge in [0.2, 0.25) is 0 Å². The molecule has 1 saturated heterocycles. The topological polar surface area (TPSA) is 75.7 Å². The molecular weight excluding hydrogens is 344 g/mol. The Balaban J connectivity index is 1.64. The molecule has 27 heavy (non-hydrogen) atoms. The number of imide groups is 1. The largest absolute Gasteiger partial charge is 0.459 e. The van der Waals surface area contributed by atoms with Crippen LogP contribution in [0.15, 0.2) is 24.3 Å². The zero-order valence-electron chi connectivity index (χ0n) is 16.5. The minimum absolute atomic E-state index is 0.0394. The summed E-state index contributed by atoms with van der Waals surface area (Å²) in [4.78, 5) is 38.7. The quantitative estimate of drug-likeness (QED) is 0.651. The van der Waals surface area contributed by atoms with Gasteiger partial charge in [0.1, 0.15) is 18.7 Å². The average molecular weight is 372 g/mol. The number of nitrogens with zero attached hydrogens (tertiary/aromatic N) is 1. The van der Waals surface area contributed by atoms with Gasteiger partial charge >= 0.3 is 12.0 Å². The van der Waals surface area contributed by atoms with E-state index < -0.39 is 17.5 Å². The van der Waals surface area contributed by atoms with Gasteiger partial charge in [-0.05, 0) is 43.1 Å². The molecule has 6 heteroatoms. The lowest BCUT2D eigenvalue weighted by Crippen LogP contribution is -2.54. The molecule has 2 unspecified atom stereocenters. The minimum Gasteiger partial charge on any atom is -0.459 e. The molecule has 1 aromatic carbocycles. The van der Waals surface area contributed by atoms with Crippen molar-refractivity contribution in [1.29, 1.82) is 0 Å². The molecular formula is C21H28N2O4. The summed E-state index contributed by atoms with van der Waals surface area (Å²) < 4.78 is 5.27. The third-order valence-corrected chi connectivity index (χ3v) is 5.39. The van der Waals surface area contributed by atoms with Crippen molar-refractivity contribution in [2.45, 2.75) is 59.1 Å². The van der Waals surface area contributed by atoms with E-state index in [1.807, 2.05) is 31.2 Å². The van der Waals surface area contributed by atoms with Crippen molar-refractivity contribution in [3.63, 3.8) is 0 Å². The van der Waals surface area contributed by atoms with E-state index in [2.05, 4.69) is 26.1 Å². The molecule has 3 amide bonds. The van der Waals surface area contributed by atoms with Crippen molar-refractivity contribution in [1.82, 2.24) is 10.2 Å². The Morgan fingerprint density at radius 3 is 2.70 bits per heavy atom. The summed E-state index contributed by atoms with van der Waals surface area (Å²) in [6, 6.07) is 7.16. The Hall–Kier alpha value is -2.37. The average Bonchev–Trinajstić information content (AvgIpc) is 2.74. The van der Waals surface area contributed by atoms with Gasteiger partial charge in [-0.25, -0.2) is 4.79 Å². The maximum absolute atomic E-state index is 13.0. The first-order valence-electron chi connectivity index (χ1n) is 9.46. The molecule has 6 nitrogen and oxygen atoms in total. The molecule has 2 aliphatic rings. The molecule has 1 heterocycles. The molecule has 1 aliphatic heterocycles. The highest BCUT2D eigenvalue weighted by molar-refractivity contribution is 6.08. The van der Waals surface area contributed by atoms with E-state index in [0.717, 1.165) is 22.4 Å². The molecule has 146 valence electrons. The summed E-state index contributed by atoms with van der Waals surface area (Å²) in [6.45, 7) is 8.06. The molecule has 0 bridgehead atoms. The van der Waals surface area contributed by atoms with Crippen LogP contribution < -0.4 is 5.32 Å². The van der Waals surface area contributed by atoms with Crippen LogP contribution in [-0.2, 0) is 20.9 Å². The predicted octanol–water partition coefficient (Wildman–Crippen LogP) is 3.18. The maximum atomic E-state index is 13.0. The first-order valence-corrected chi connectivity index (χ1v) is 9.46. The van der Waals surface area contributed by atoms with Crippen molar-refractivity contribution < 1.29 is 19.1 Å². The van der Waals surface area contributed by atoms with Gasteiger partial charge in [-0.3, -0.25) is 14.5 Å². The molecule has 0 aromatic heterocycles. The molecule has 1 N–H and O–H groups in total. The van der Waals surface area contributed by atoms with Gasteiger partial charge in [-0.15, -0.1) is 0 Å². The summed E-state index contributed by atoms with van der Waals surface area (Å²) >= 11 is 0. The van der Waals surface area contributed by atoms with E-state index in [-0.39, 0.29) is 24.5 Å². The second-order valence-electron chi connectivity index (χ2n) is 8.91. The number of nitrogens with one attached hydrogen (secondary N) is 1. The Kier molecular flexibility index (Phi) is 5.02. The van der Waals surface area contributed by atoms with E-state index in [1.165, 1.54) is 0 Å². The van der Waals surface area contributed by atoms with Crippen LogP contribution >= 0.6 is 0 Å². The Bertz CT molecular complexity index is 773. The lowest BCUT2D eigenvalue weighted by Gasteiger charge is -2.43. The van der Waals surface area contributed by atoms with Crippen LogP contribution in [0.25, 0.3) is 0 Å². The zero-order chi connectivity index (χ0) is 19.8. The number of esters is 1. The molecule has 1 saturated carbocycles. The molecule has 0 radical (unpaired) electrons. The highest BCUT2D eigenvalue weighted by Gasteiger charge is 2.56. The number of hydrogen-bond acceptors (Lipinski definition) is 4. The summed E-state index contributed by atoms with van der Waals surface area (Å²) in [5.41, 5.74) is 1.02. The fraction of sp³-hybridized carbons (Fsp3) is 0.571. The van der Waals surface area contributed by atoms with Crippen molar-refractivity contribution in [3.8, 4) is 0 Å². The molecule has 1 aromatic rings. The number of aryl methyl sites for hydroxylation is 1. The molecule has 3 rings (SSSR count). The third-order valence-electron chi connectivity index (χ3n) is 5.39. The van der Waals surface area contributed by atoms with Gasteiger partial charge in [0.05, 0.1) is 0 Å². The number of benzene rings is 1. The van der Waals surface area contributed by atoms with Crippen LogP contribution in [0.3, 0.4) is 0 Å². The number of carbonyl (C=O) groups is 3. The van der Waals surface area contributed by atoms with E-state index in [4.69, 9.17) is 4.74 Å². The van der Waals surface area contributed by atoms with Crippen LogP contribution in [0.4, 0.5) is 4.79 Å². The summed E-state index contributed by atoms with van der Waals surface area (Å²) in [5, 5.41) is 2.87. The van der Waals surface area contributed by atoms with E-state index in [9.17, 15) is 14.4 Å². The Morgan fingerprint density at radius 2 is 2.04 bits per heavy atom. The van der Waals surface area contributed by atoms with Crippen LogP contribution in [0.1, 0.15) is 51.2 Å². The molecule has 2 atom stereocenters. The van der Waals surface area contributed by atoms with Gasteiger partial charge in [-0.1, -0.05) is 50.6 Å². The molecule has 2 fully saturated rings. The Labute approximate surface area is 160 Å². The SMILES string of the molecule is Cc1cccc(COC(=O)CN2C(=O)NC3(CC(C)CC(C)(C)C3)C2=O)c1. The van der Waals surface area contributed by atoms with Gasteiger partial charge in [0.25, 0.3) is 5.91 Å². The van der Waals surface area contributed by atoms with Crippen LogP contribution in [-0.4, -0.2) is 34.9 Å². The van der Waals surface area contributed by atoms with Crippen molar-refractivity contribution in [2.75, 3.05) is 6.54 Å². The van der Waals surface area contributed by atoms with Gasteiger partial charge < -0.3 is 10.1 Å². The molecule has 1 spiro atoms. The summed E-state index contributed by atoms with van der Waals surface area (Å²) in [5.74, 6) is -0.564. The van der Waals surface area contributed by atoms with E-state index in [1.54, 1.807) is 0 Å². The minimum atomic E-state index is -0.894. The second kappa shape index (κ2) is 6.98. The molecule has 1 aliphatic carbocycles. The van der Waals surface area contributed by atoms with E-state index >= 15 is 0 Å². The van der Waals surface area contributed by atoms with Gasteiger partial charge in [0.15, 0.2) is 0 Å². The first-order chi connectivity index (χ1) is 12.6. The number of ether oxygens (including phenoxy) is 1. The summed E-state index contributed by atoms with van der Waals surface area (Å²) in [6.07, 6.45) is 2.20. The second-order valence-corrected chi connectivity index (χ2v) is 8.91. The lowest BCUT2D eigenvalue weighted by atomic mass is 9.64. The fourth-order valence-electron chi connectivity index (χ4n) is 4.79. The number of hydrogen-bond donors (Lipinski definition) is 1. The number of amides is 3. The van der Waals surface area contributed by atoms with Crippen LogP contribution in [0.2, 0.25) is 0 Å². The number of urea groups is 1. The van der Waals surface area contributed by atoms with Crippen LogP contribution in [0.5, 0.6) is 0 Å². The Morgan fingerprint density at radius 1 is 1.30 bits per heavy atom.